The fraction of sp³-hybridized carbons (Fsp3) is 0.789. The van der Waals surface area contributed by atoms with Gasteiger partial charge in [-0.15, -0.1) is 0 Å². The number of likely N-dealkylation sites (tertiary alicyclic amines) is 1. The highest BCUT2D eigenvalue weighted by Crippen LogP contribution is 2.19. The summed E-state index contributed by atoms with van der Waals surface area (Å²) in [6.07, 6.45) is 11.5. The number of unbranched alkanes of at least 4 members (excludes halogenated alkanes) is 3. The van der Waals surface area contributed by atoms with Crippen LogP contribution in [0.2, 0.25) is 0 Å². The number of hydrogen-bond donors (Lipinski definition) is 2. The minimum absolute atomic E-state index is 0.0661. The lowest BCUT2D eigenvalue weighted by molar-refractivity contribution is -0.137. The first-order chi connectivity index (χ1) is 11.5. The average molecular weight is 339 g/mol. The predicted octanol–water partition coefficient (Wildman–Crippen LogP) is 3.16. The average Bonchev–Trinajstić information content (AvgIpc) is 2.89. The van der Waals surface area contributed by atoms with Crippen LogP contribution in [0.3, 0.4) is 0 Å². The molecule has 5 nitrogen and oxygen atoms in total. The van der Waals surface area contributed by atoms with Crippen molar-refractivity contribution in [1.82, 2.24) is 4.90 Å². The van der Waals surface area contributed by atoms with E-state index in [1.807, 2.05) is 12.2 Å². The first-order valence-corrected chi connectivity index (χ1v) is 9.36. The molecule has 0 saturated carbocycles. The number of aliphatic carboxylic acids is 1. The van der Waals surface area contributed by atoms with Gasteiger partial charge in [-0.3, -0.25) is 14.5 Å². The van der Waals surface area contributed by atoms with Crippen molar-refractivity contribution < 1.29 is 19.8 Å². The Kier molecular flexibility index (Phi) is 10.6. The molecular weight excluding hydrogens is 306 g/mol. The molecule has 1 heterocycles. The zero-order valence-electron chi connectivity index (χ0n) is 15.0. The summed E-state index contributed by atoms with van der Waals surface area (Å²) in [5.74, 6) is -0.483. The van der Waals surface area contributed by atoms with Crippen molar-refractivity contribution in [2.75, 3.05) is 13.1 Å². The monoisotopic (exact) mass is 339 g/mol. The van der Waals surface area contributed by atoms with Crippen molar-refractivity contribution in [2.24, 2.45) is 0 Å². The molecule has 0 aromatic heterocycles. The Bertz CT molecular complexity index is 408. The maximum absolute atomic E-state index is 12.0. The smallest absolute Gasteiger partial charge is 0.303 e. The van der Waals surface area contributed by atoms with Crippen LogP contribution in [0.5, 0.6) is 0 Å². The van der Waals surface area contributed by atoms with Crippen LogP contribution in [0, 0.1) is 0 Å². The third-order valence-corrected chi connectivity index (χ3v) is 4.64. The van der Waals surface area contributed by atoms with Crippen LogP contribution in [-0.2, 0) is 9.59 Å². The molecule has 0 aromatic carbocycles. The third kappa shape index (κ3) is 8.60. The zero-order chi connectivity index (χ0) is 17.8. The maximum atomic E-state index is 12.0. The van der Waals surface area contributed by atoms with E-state index < -0.39 is 5.97 Å². The van der Waals surface area contributed by atoms with Gasteiger partial charge < -0.3 is 10.2 Å². The van der Waals surface area contributed by atoms with Gasteiger partial charge in [-0.25, -0.2) is 0 Å². The molecule has 0 bridgehead atoms. The number of allylic oxidation sites excluding steroid dienone is 1. The van der Waals surface area contributed by atoms with Gasteiger partial charge >= 0.3 is 5.97 Å². The first-order valence-electron chi connectivity index (χ1n) is 9.36. The molecule has 2 atom stereocenters. The Morgan fingerprint density at radius 3 is 2.79 bits per heavy atom. The van der Waals surface area contributed by atoms with E-state index in [0.29, 0.717) is 19.3 Å². The van der Waals surface area contributed by atoms with E-state index in [-0.39, 0.29) is 24.3 Å². The van der Waals surface area contributed by atoms with Crippen molar-refractivity contribution in [3.05, 3.63) is 12.2 Å². The van der Waals surface area contributed by atoms with Crippen LogP contribution in [0.4, 0.5) is 0 Å². The number of Topliss-reactive ketones (excluding diaryl/α,β-unsaturated/α-hetero) is 1. The van der Waals surface area contributed by atoms with E-state index in [1.54, 1.807) is 0 Å². The number of nitrogens with zero attached hydrogens (tertiary/aromatic N) is 1. The highest BCUT2D eigenvalue weighted by Gasteiger charge is 2.31. The third-order valence-electron chi connectivity index (χ3n) is 4.64. The van der Waals surface area contributed by atoms with Crippen molar-refractivity contribution in [3.63, 3.8) is 0 Å². The topological polar surface area (TPSA) is 77.8 Å². The van der Waals surface area contributed by atoms with Crippen molar-refractivity contribution in [1.29, 1.82) is 0 Å². The Morgan fingerprint density at radius 1 is 1.29 bits per heavy atom. The van der Waals surface area contributed by atoms with Crippen LogP contribution in [-0.4, -0.2) is 52.1 Å². The van der Waals surface area contributed by atoms with Crippen LogP contribution < -0.4 is 0 Å². The molecule has 0 aromatic rings. The highest BCUT2D eigenvalue weighted by molar-refractivity contribution is 5.86. The lowest BCUT2D eigenvalue weighted by Gasteiger charge is -2.23. The molecule has 1 fully saturated rings. The second-order valence-electron chi connectivity index (χ2n) is 6.70. The van der Waals surface area contributed by atoms with Gasteiger partial charge in [-0.1, -0.05) is 38.3 Å². The summed E-state index contributed by atoms with van der Waals surface area (Å²) in [6.45, 7) is 3.72. The molecule has 5 heteroatoms. The maximum Gasteiger partial charge on any atom is 0.303 e. The lowest BCUT2D eigenvalue weighted by atomic mass is 10.1. The van der Waals surface area contributed by atoms with Gasteiger partial charge in [-0.05, 0) is 32.1 Å². The second-order valence-corrected chi connectivity index (χ2v) is 6.70. The van der Waals surface area contributed by atoms with E-state index in [1.165, 1.54) is 0 Å². The Hall–Kier alpha value is -1.20. The molecule has 0 amide bonds. The number of hydrogen-bond acceptors (Lipinski definition) is 4. The second kappa shape index (κ2) is 12.2. The molecule has 0 aliphatic carbocycles. The summed E-state index contributed by atoms with van der Waals surface area (Å²) >= 11 is 0. The van der Waals surface area contributed by atoms with Crippen LogP contribution >= 0.6 is 0 Å². The number of ketones is 1. The minimum atomic E-state index is -0.766. The van der Waals surface area contributed by atoms with Crippen LogP contribution in [0.25, 0.3) is 0 Å². The van der Waals surface area contributed by atoms with E-state index >= 15 is 0 Å². The molecule has 1 saturated heterocycles. The zero-order valence-corrected chi connectivity index (χ0v) is 15.0. The van der Waals surface area contributed by atoms with Gasteiger partial charge in [0.25, 0.3) is 0 Å². The highest BCUT2D eigenvalue weighted by atomic mass is 16.4. The molecule has 0 unspecified atom stereocenters. The van der Waals surface area contributed by atoms with Crippen LogP contribution in [0.1, 0.15) is 71.1 Å². The van der Waals surface area contributed by atoms with Gasteiger partial charge in [0, 0.05) is 25.9 Å². The summed E-state index contributed by atoms with van der Waals surface area (Å²) in [4.78, 5) is 24.7. The number of rotatable bonds is 13. The molecule has 0 spiro atoms. The van der Waals surface area contributed by atoms with Gasteiger partial charge in [-0.2, -0.15) is 0 Å². The first kappa shape index (κ1) is 20.8. The van der Waals surface area contributed by atoms with Crippen molar-refractivity contribution in [2.45, 2.75) is 83.3 Å². The quantitative estimate of drug-likeness (QED) is 0.398. The van der Waals surface area contributed by atoms with Crippen LogP contribution in [0.15, 0.2) is 12.2 Å². The van der Waals surface area contributed by atoms with E-state index in [4.69, 9.17) is 5.11 Å². The van der Waals surface area contributed by atoms with E-state index in [9.17, 15) is 14.7 Å². The summed E-state index contributed by atoms with van der Waals surface area (Å²) in [7, 11) is 0. The number of aliphatic hydroxyl groups excluding tert-OH is 1. The largest absolute Gasteiger partial charge is 0.481 e. The fourth-order valence-electron chi connectivity index (χ4n) is 3.13. The number of carboxylic acid groups (broad SMARTS) is 1. The molecule has 1 rings (SSSR count). The number of carbonyl (C=O) groups excluding carboxylic acids is 1. The minimum Gasteiger partial charge on any atom is -0.481 e. The normalized spacial score (nSPS) is 20.1. The molecule has 0 radical (unpaired) electrons. The van der Waals surface area contributed by atoms with Crippen molar-refractivity contribution >= 4 is 11.8 Å². The summed E-state index contributed by atoms with van der Waals surface area (Å²) in [6, 6.07) is -0.0661. The summed E-state index contributed by atoms with van der Waals surface area (Å²) in [5.41, 5.74) is 0. The molecule has 1 aliphatic rings. The molecule has 2 N–H and O–H groups in total. The van der Waals surface area contributed by atoms with Gasteiger partial charge in [0.15, 0.2) is 5.78 Å². The summed E-state index contributed by atoms with van der Waals surface area (Å²) in [5, 5.41) is 18.6. The number of aliphatic hydroxyl groups is 1. The fourth-order valence-corrected chi connectivity index (χ4v) is 3.13. The number of carbonyl (C=O) groups is 2. The lowest BCUT2D eigenvalue weighted by Crippen LogP contribution is -2.34. The SMILES string of the molecule is CCCCC[C@@H](O)CCN1CCC(=O)[C@@H]1C/C=C\CCCC(=O)O. The Balaban J connectivity index is 2.27. The summed E-state index contributed by atoms with van der Waals surface area (Å²) < 4.78 is 0. The van der Waals surface area contributed by atoms with E-state index in [2.05, 4.69) is 11.8 Å². The Morgan fingerprint density at radius 2 is 2.08 bits per heavy atom. The molecule has 138 valence electrons. The number of carboxylic acids is 1. The molecule has 24 heavy (non-hydrogen) atoms. The standard InChI is InChI=1S/C19H33NO4/c1-2-3-6-9-16(21)12-14-20-15-13-18(22)17(20)10-7-4-5-8-11-19(23)24/h4,7,16-17,21H,2-3,5-6,8-15H2,1H3,(H,23,24)/b7-4-/t16-,17+/m1/s1. The Labute approximate surface area is 145 Å². The van der Waals surface area contributed by atoms with Gasteiger partial charge in [0.1, 0.15) is 0 Å². The van der Waals surface area contributed by atoms with Crippen molar-refractivity contribution in [3.8, 4) is 0 Å². The van der Waals surface area contributed by atoms with E-state index in [0.717, 1.165) is 51.6 Å². The van der Waals surface area contributed by atoms with Gasteiger partial charge in [0.2, 0.25) is 0 Å². The predicted molar refractivity (Wildman–Crippen MR) is 95.0 cm³/mol. The molecular formula is C19H33NO4. The molecule has 1 aliphatic heterocycles. The van der Waals surface area contributed by atoms with Gasteiger partial charge in [0.05, 0.1) is 12.1 Å².